The molecule has 0 amide bonds. The molecule has 116 valence electrons. The number of likely N-dealkylation sites (N-methyl/N-ethyl adjacent to an activating group) is 1. The van der Waals surface area contributed by atoms with Crippen molar-refractivity contribution < 1.29 is 4.74 Å². The summed E-state index contributed by atoms with van der Waals surface area (Å²) in [5, 5.41) is 3.86. The molecule has 1 aromatic rings. The van der Waals surface area contributed by atoms with E-state index >= 15 is 0 Å². The maximum absolute atomic E-state index is 5.36. The van der Waals surface area contributed by atoms with E-state index in [9.17, 15) is 0 Å². The molecule has 0 aromatic heterocycles. The van der Waals surface area contributed by atoms with Crippen LogP contribution in [0.5, 0.6) is 5.75 Å². The van der Waals surface area contributed by atoms with Crippen LogP contribution in [0.25, 0.3) is 0 Å². The summed E-state index contributed by atoms with van der Waals surface area (Å²) in [5.41, 5.74) is 3.34. The Hall–Kier alpha value is -1.06. The number of aryl methyl sites for hydroxylation is 1. The first-order valence-corrected chi connectivity index (χ1v) is 8.22. The fourth-order valence-electron chi connectivity index (χ4n) is 3.81. The maximum atomic E-state index is 5.36. The van der Waals surface area contributed by atoms with E-state index in [0.29, 0.717) is 11.6 Å². The first-order valence-electron chi connectivity index (χ1n) is 8.22. The quantitative estimate of drug-likeness (QED) is 0.901. The smallest absolute Gasteiger partial charge is 0.119 e. The number of nitrogens with one attached hydrogen (secondary N) is 1. The highest BCUT2D eigenvalue weighted by molar-refractivity contribution is 5.39. The second kappa shape index (κ2) is 5.98. The third kappa shape index (κ3) is 2.82. The molecule has 0 heterocycles. The number of rotatable bonds is 5. The lowest BCUT2D eigenvalue weighted by Crippen LogP contribution is -2.56. The van der Waals surface area contributed by atoms with E-state index in [1.807, 2.05) is 0 Å². The molecule has 1 fully saturated rings. The normalized spacial score (nSPS) is 23.5. The van der Waals surface area contributed by atoms with Crippen molar-refractivity contribution in [2.75, 3.05) is 27.7 Å². The topological polar surface area (TPSA) is 24.5 Å². The first-order chi connectivity index (χ1) is 10.1. The standard InChI is InChI=1S/C18H28N2O/c1-20(2)18(10-5-11-18)13-19-17-7-4-6-14-12-15(21-3)8-9-16(14)17/h8-9,12,17,19H,4-7,10-11,13H2,1-3H3. The fraction of sp³-hybridized carbons (Fsp3) is 0.667. The van der Waals surface area contributed by atoms with Gasteiger partial charge in [0.2, 0.25) is 0 Å². The monoisotopic (exact) mass is 288 g/mol. The molecule has 2 aliphatic carbocycles. The van der Waals surface area contributed by atoms with Crippen LogP contribution in [0, 0.1) is 0 Å². The number of nitrogens with zero attached hydrogens (tertiary/aromatic N) is 1. The Labute approximate surface area is 128 Å². The van der Waals surface area contributed by atoms with Gasteiger partial charge < -0.3 is 15.0 Å². The molecule has 3 nitrogen and oxygen atoms in total. The van der Waals surface area contributed by atoms with Crippen molar-refractivity contribution in [1.29, 1.82) is 0 Å². The second-order valence-corrected chi connectivity index (χ2v) is 6.86. The minimum absolute atomic E-state index is 0.393. The van der Waals surface area contributed by atoms with Crippen LogP contribution in [0.1, 0.15) is 49.3 Å². The number of ether oxygens (including phenoxy) is 1. The minimum Gasteiger partial charge on any atom is -0.497 e. The lowest BCUT2D eigenvalue weighted by atomic mass is 9.75. The Bertz CT molecular complexity index is 494. The van der Waals surface area contributed by atoms with Crippen molar-refractivity contribution in [1.82, 2.24) is 10.2 Å². The lowest BCUT2D eigenvalue weighted by Gasteiger charge is -2.48. The summed E-state index contributed by atoms with van der Waals surface area (Å²) in [6, 6.07) is 7.09. The van der Waals surface area contributed by atoms with Crippen LogP contribution < -0.4 is 10.1 Å². The molecule has 1 N–H and O–H groups in total. The molecule has 3 heteroatoms. The zero-order chi connectivity index (χ0) is 14.9. The Morgan fingerprint density at radius 2 is 2.10 bits per heavy atom. The number of fused-ring (bicyclic) bond motifs is 1. The van der Waals surface area contributed by atoms with Crippen molar-refractivity contribution in [3.8, 4) is 5.75 Å². The summed E-state index contributed by atoms with van der Waals surface area (Å²) in [6.07, 6.45) is 7.74. The van der Waals surface area contributed by atoms with Crippen molar-refractivity contribution in [2.45, 2.75) is 50.1 Å². The molecular weight excluding hydrogens is 260 g/mol. The third-order valence-electron chi connectivity index (χ3n) is 5.57. The Kier molecular flexibility index (Phi) is 4.23. The zero-order valence-electron chi connectivity index (χ0n) is 13.6. The van der Waals surface area contributed by atoms with Crippen LogP contribution >= 0.6 is 0 Å². The summed E-state index contributed by atoms with van der Waals surface area (Å²) in [5.74, 6) is 0.984. The zero-order valence-corrected chi connectivity index (χ0v) is 13.6. The van der Waals surface area contributed by atoms with Gasteiger partial charge in [-0.15, -0.1) is 0 Å². The number of benzene rings is 1. The van der Waals surface area contributed by atoms with E-state index < -0.39 is 0 Å². The highest BCUT2D eigenvalue weighted by Crippen LogP contribution is 2.37. The van der Waals surface area contributed by atoms with Gasteiger partial charge in [0.05, 0.1) is 7.11 Å². The van der Waals surface area contributed by atoms with Gasteiger partial charge in [0, 0.05) is 18.1 Å². The van der Waals surface area contributed by atoms with Gasteiger partial charge in [-0.25, -0.2) is 0 Å². The van der Waals surface area contributed by atoms with Gasteiger partial charge >= 0.3 is 0 Å². The van der Waals surface area contributed by atoms with Gasteiger partial charge in [-0.05, 0) is 75.9 Å². The number of hydrogen-bond acceptors (Lipinski definition) is 3. The van der Waals surface area contributed by atoms with Gasteiger partial charge in [0.25, 0.3) is 0 Å². The molecule has 1 aromatic carbocycles. The van der Waals surface area contributed by atoms with E-state index in [-0.39, 0.29) is 0 Å². The van der Waals surface area contributed by atoms with E-state index in [1.54, 1.807) is 7.11 Å². The fourth-order valence-corrected chi connectivity index (χ4v) is 3.81. The van der Waals surface area contributed by atoms with E-state index in [4.69, 9.17) is 4.74 Å². The predicted molar refractivity (Wildman–Crippen MR) is 86.9 cm³/mol. The summed E-state index contributed by atoms with van der Waals surface area (Å²) >= 11 is 0. The van der Waals surface area contributed by atoms with Crippen LogP contribution in [0.3, 0.4) is 0 Å². The summed E-state index contributed by atoms with van der Waals surface area (Å²) < 4.78 is 5.36. The average Bonchev–Trinajstić information content (AvgIpc) is 2.45. The lowest BCUT2D eigenvalue weighted by molar-refractivity contribution is 0.0564. The number of hydrogen-bond donors (Lipinski definition) is 1. The van der Waals surface area contributed by atoms with Crippen molar-refractivity contribution >= 4 is 0 Å². The summed E-state index contributed by atoms with van der Waals surface area (Å²) in [6.45, 7) is 1.11. The van der Waals surface area contributed by atoms with Gasteiger partial charge in [-0.3, -0.25) is 0 Å². The van der Waals surface area contributed by atoms with E-state index in [0.717, 1.165) is 12.3 Å². The second-order valence-electron chi connectivity index (χ2n) is 6.86. The molecule has 0 radical (unpaired) electrons. The van der Waals surface area contributed by atoms with Crippen molar-refractivity contribution in [3.63, 3.8) is 0 Å². The van der Waals surface area contributed by atoms with E-state index in [2.05, 4.69) is 42.5 Å². The van der Waals surface area contributed by atoms with Crippen LogP contribution in [-0.4, -0.2) is 38.2 Å². The Morgan fingerprint density at radius 3 is 2.71 bits per heavy atom. The molecule has 0 bridgehead atoms. The Balaban J connectivity index is 1.70. The molecule has 3 rings (SSSR count). The average molecular weight is 288 g/mol. The first kappa shape index (κ1) is 14.9. The van der Waals surface area contributed by atoms with Gasteiger partial charge in [-0.1, -0.05) is 6.07 Å². The summed E-state index contributed by atoms with van der Waals surface area (Å²) in [7, 11) is 6.19. The van der Waals surface area contributed by atoms with Crippen molar-refractivity contribution in [2.24, 2.45) is 0 Å². The molecule has 0 aliphatic heterocycles. The predicted octanol–water partition coefficient (Wildman–Crippen LogP) is 3.15. The minimum atomic E-state index is 0.393. The van der Waals surface area contributed by atoms with Gasteiger partial charge in [0.1, 0.15) is 5.75 Å². The highest BCUT2D eigenvalue weighted by atomic mass is 16.5. The van der Waals surface area contributed by atoms with Crippen LogP contribution in [-0.2, 0) is 6.42 Å². The molecular formula is C18H28N2O. The number of methoxy groups -OCH3 is 1. The van der Waals surface area contributed by atoms with Crippen LogP contribution in [0.15, 0.2) is 18.2 Å². The Morgan fingerprint density at radius 1 is 1.29 bits per heavy atom. The maximum Gasteiger partial charge on any atom is 0.119 e. The summed E-state index contributed by atoms with van der Waals surface area (Å²) in [4.78, 5) is 2.42. The third-order valence-corrected chi connectivity index (χ3v) is 5.57. The SMILES string of the molecule is COc1ccc2c(c1)CCCC2NCC1(N(C)C)CCC1. The van der Waals surface area contributed by atoms with E-state index in [1.165, 1.54) is 49.7 Å². The van der Waals surface area contributed by atoms with Crippen molar-refractivity contribution in [3.05, 3.63) is 29.3 Å². The molecule has 0 saturated heterocycles. The van der Waals surface area contributed by atoms with Crippen LogP contribution in [0.2, 0.25) is 0 Å². The molecule has 2 aliphatic rings. The highest BCUT2D eigenvalue weighted by Gasteiger charge is 2.39. The largest absolute Gasteiger partial charge is 0.497 e. The van der Waals surface area contributed by atoms with Gasteiger partial charge in [-0.2, -0.15) is 0 Å². The molecule has 0 spiro atoms. The van der Waals surface area contributed by atoms with Gasteiger partial charge in [0.15, 0.2) is 0 Å². The molecule has 1 saturated carbocycles. The van der Waals surface area contributed by atoms with Crippen LogP contribution in [0.4, 0.5) is 0 Å². The molecule has 21 heavy (non-hydrogen) atoms. The molecule has 1 atom stereocenters. The molecule has 1 unspecified atom stereocenters.